The smallest absolute Gasteiger partial charge is 0.311 e. The molecular weight excluding hydrogens is 232 g/mol. The molecule has 2 rings (SSSR count). The van der Waals surface area contributed by atoms with Gasteiger partial charge in [-0.05, 0) is 24.0 Å². The molecule has 0 spiro atoms. The van der Waals surface area contributed by atoms with Crippen LogP contribution < -0.4 is 0 Å². The summed E-state index contributed by atoms with van der Waals surface area (Å²) in [6.45, 7) is 0. The highest BCUT2D eigenvalue weighted by Crippen LogP contribution is 2.37. The fourth-order valence-corrected chi connectivity index (χ4v) is 2.43. The molecular formula is C14H14O4. The van der Waals surface area contributed by atoms with E-state index in [1.165, 1.54) is 0 Å². The minimum Gasteiger partial charge on any atom is -0.481 e. The van der Waals surface area contributed by atoms with Gasteiger partial charge >= 0.3 is 11.9 Å². The monoisotopic (exact) mass is 246 g/mol. The predicted octanol–water partition coefficient (Wildman–Crippen LogP) is 2.27. The number of carboxylic acids is 2. The Morgan fingerprint density at radius 3 is 2.28 bits per heavy atom. The number of hydrogen-bond acceptors (Lipinski definition) is 2. The summed E-state index contributed by atoms with van der Waals surface area (Å²) in [6, 6.07) is 9.11. The maximum atomic E-state index is 11.3. The molecule has 0 bridgehead atoms. The highest BCUT2D eigenvalue weighted by molar-refractivity contribution is 5.93. The van der Waals surface area contributed by atoms with Gasteiger partial charge in [0.15, 0.2) is 0 Å². The van der Waals surface area contributed by atoms with E-state index in [0.717, 1.165) is 5.56 Å². The van der Waals surface area contributed by atoms with Crippen molar-refractivity contribution >= 4 is 17.5 Å². The maximum Gasteiger partial charge on any atom is 0.311 e. The molecule has 0 fully saturated rings. The molecule has 1 aliphatic carbocycles. The standard InChI is InChI=1S/C14H14O4/c15-13(16)11-8-4-7-10(12(11)14(17)18)9-5-2-1-3-6-9/h1-3,5-7,11-12H,4,8H2,(H,15,16)(H,17,18). The lowest BCUT2D eigenvalue weighted by atomic mass is 9.76. The van der Waals surface area contributed by atoms with E-state index in [0.29, 0.717) is 18.4 Å². The van der Waals surface area contributed by atoms with Crippen LogP contribution in [-0.4, -0.2) is 22.2 Å². The van der Waals surface area contributed by atoms with Crippen LogP contribution in [0, 0.1) is 11.8 Å². The lowest BCUT2D eigenvalue weighted by molar-refractivity contribution is -0.151. The summed E-state index contributed by atoms with van der Waals surface area (Å²) in [6.07, 6.45) is 2.82. The number of rotatable bonds is 3. The lowest BCUT2D eigenvalue weighted by Crippen LogP contribution is -2.32. The van der Waals surface area contributed by atoms with Gasteiger partial charge < -0.3 is 10.2 Å². The zero-order valence-electron chi connectivity index (χ0n) is 9.74. The molecule has 4 nitrogen and oxygen atoms in total. The zero-order chi connectivity index (χ0) is 13.1. The van der Waals surface area contributed by atoms with E-state index >= 15 is 0 Å². The molecule has 0 aromatic heterocycles. The summed E-state index contributed by atoms with van der Waals surface area (Å²) in [4.78, 5) is 22.5. The molecule has 0 saturated carbocycles. The van der Waals surface area contributed by atoms with Crippen molar-refractivity contribution in [2.24, 2.45) is 11.8 Å². The van der Waals surface area contributed by atoms with Gasteiger partial charge in [0.05, 0.1) is 11.8 Å². The first-order valence-corrected chi connectivity index (χ1v) is 5.82. The van der Waals surface area contributed by atoms with Crippen molar-refractivity contribution in [2.45, 2.75) is 12.8 Å². The Morgan fingerprint density at radius 1 is 1.06 bits per heavy atom. The molecule has 0 heterocycles. The second-order valence-electron chi connectivity index (χ2n) is 4.36. The van der Waals surface area contributed by atoms with Crippen molar-refractivity contribution in [3.8, 4) is 0 Å². The molecule has 1 aliphatic rings. The second-order valence-corrected chi connectivity index (χ2v) is 4.36. The van der Waals surface area contributed by atoms with E-state index in [9.17, 15) is 14.7 Å². The molecule has 0 aliphatic heterocycles. The van der Waals surface area contributed by atoms with Crippen LogP contribution in [0.15, 0.2) is 36.4 Å². The Bertz CT molecular complexity index is 490. The summed E-state index contributed by atoms with van der Waals surface area (Å²) in [5.41, 5.74) is 1.40. The minimum atomic E-state index is -1.07. The van der Waals surface area contributed by atoms with E-state index in [2.05, 4.69) is 0 Å². The van der Waals surface area contributed by atoms with Gasteiger partial charge in [-0.3, -0.25) is 9.59 Å². The van der Waals surface area contributed by atoms with E-state index in [-0.39, 0.29) is 0 Å². The molecule has 1 aromatic carbocycles. The van der Waals surface area contributed by atoms with Crippen LogP contribution in [-0.2, 0) is 9.59 Å². The van der Waals surface area contributed by atoms with E-state index in [1.807, 2.05) is 36.4 Å². The molecule has 0 radical (unpaired) electrons. The van der Waals surface area contributed by atoms with Crippen LogP contribution in [0.3, 0.4) is 0 Å². The van der Waals surface area contributed by atoms with E-state index < -0.39 is 23.8 Å². The van der Waals surface area contributed by atoms with Crippen LogP contribution in [0.5, 0.6) is 0 Å². The van der Waals surface area contributed by atoms with Gasteiger partial charge in [0.1, 0.15) is 0 Å². The Labute approximate surface area is 105 Å². The quantitative estimate of drug-likeness (QED) is 0.857. The molecule has 1 aromatic rings. The Hall–Kier alpha value is -2.10. The Morgan fingerprint density at radius 2 is 1.72 bits per heavy atom. The third-order valence-corrected chi connectivity index (χ3v) is 3.27. The zero-order valence-corrected chi connectivity index (χ0v) is 9.74. The predicted molar refractivity (Wildman–Crippen MR) is 65.9 cm³/mol. The fraction of sp³-hybridized carbons (Fsp3) is 0.286. The van der Waals surface area contributed by atoms with Gasteiger partial charge in [-0.1, -0.05) is 36.4 Å². The summed E-state index contributed by atoms with van der Waals surface area (Å²) in [7, 11) is 0. The van der Waals surface area contributed by atoms with Crippen LogP contribution in [0.2, 0.25) is 0 Å². The molecule has 2 N–H and O–H groups in total. The second kappa shape index (κ2) is 5.04. The summed E-state index contributed by atoms with van der Waals surface area (Å²) >= 11 is 0. The van der Waals surface area contributed by atoms with Crippen molar-refractivity contribution in [1.82, 2.24) is 0 Å². The van der Waals surface area contributed by atoms with Gasteiger partial charge in [0.25, 0.3) is 0 Å². The average molecular weight is 246 g/mol. The molecule has 18 heavy (non-hydrogen) atoms. The van der Waals surface area contributed by atoms with Gasteiger partial charge in [0.2, 0.25) is 0 Å². The molecule has 0 saturated heterocycles. The van der Waals surface area contributed by atoms with Gasteiger partial charge in [0, 0.05) is 0 Å². The first-order chi connectivity index (χ1) is 8.61. The van der Waals surface area contributed by atoms with Crippen molar-refractivity contribution in [3.63, 3.8) is 0 Å². The van der Waals surface area contributed by atoms with Crippen molar-refractivity contribution < 1.29 is 19.8 Å². The molecule has 94 valence electrons. The summed E-state index contributed by atoms with van der Waals surface area (Å²) in [5.74, 6) is -3.91. The third-order valence-electron chi connectivity index (χ3n) is 3.27. The Kier molecular flexibility index (Phi) is 3.46. The third kappa shape index (κ3) is 2.27. The lowest BCUT2D eigenvalue weighted by Gasteiger charge is -2.27. The topological polar surface area (TPSA) is 74.6 Å². The first-order valence-electron chi connectivity index (χ1n) is 5.82. The summed E-state index contributed by atoms with van der Waals surface area (Å²) in [5, 5.41) is 18.4. The van der Waals surface area contributed by atoms with Gasteiger partial charge in [-0.2, -0.15) is 0 Å². The number of carbonyl (C=O) groups is 2. The van der Waals surface area contributed by atoms with Crippen LogP contribution in [0.1, 0.15) is 18.4 Å². The van der Waals surface area contributed by atoms with Crippen LogP contribution in [0.4, 0.5) is 0 Å². The Balaban J connectivity index is 2.42. The number of allylic oxidation sites excluding steroid dienone is 1. The summed E-state index contributed by atoms with van der Waals surface area (Å²) < 4.78 is 0. The normalized spacial score (nSPS) is 23.2. The minimum absolute atomic E-state index is 0.378. The van der Waals surface area contributed by atoms with Gasteiger partial charge in [-0.25, -0.2) is 0 Å². The highest BCUT2D eigenvalue weighted by atomic mass is 16.4. The maximum absolute atomic E-state index is 11.3. The number of carboxylic acid groups (broad SMARTS) is 2. The SMILES string of the molecule is O=C(O)C1CCC=C(c2ccccc2)C1C(=O)O. The molecule has 0 amide bonds. The highest BCUT2D eigenvalue weighted by Gasteiger charge is 2.38. The molecule has 2 atom stereocenters. The van der Waals surface area contributed by atoms with E-state index in [4.69, 9.17) is 5.11 Å². The molecule has 4 heteroatoms. The van der Waals surface area contributed by atoms with Crippen LogP contribution in [0.25, 0.3) is 5.57 Å². The number of aliphatic carboxylic acids is 2. The average Bonchev–Trinajstić information content (AvgIpc) is 2.38. The first kappa shape index (κ1) is 12.4. The van der Waals surface area contributed by atoms with Crippen LogP contribution >= 0.6 is 0 Å². The fourth-order valence-electron chi connectivity index (χ4n) is 2.43. The van der Waals surface area contributed by atoms with Gasteiger partial charge in [-0.15, -0.1) is 0 Å². The molecule has 2 unspecified atom stereocenters. The van der Waals surface area contributed by atoms with Crippen molar-refractivity contribution in [2.75, 3.05) is 0 Å². The van der Waals surface area contributed by atoms with E-state index in [1.54, 1.807) is 0 Å². The van der Waals surface area contributed by atoms with Crippen molar-refractivity contribution in [1.29, 1.82) is 0 Å². The number of hydrogen-bond donors (Lipinski definition) is 2. The number of benzene rings is 1. The van der Waals surface area contributed by atoms with Crippen molar-refractivity contribution in [3.05, 3.63) is 42.0 Å². The largest absolute Gasteiger partial charge is 0.481 e.